The molecule has 0 atom stereocenters. The van der Waals surface area contributed by atoms with Gasteiger partial charge >= 0.3 is 0 Å². The second kappa shape index (κ2) is 10.7. The van der Waals surface area contributed by atoms with Gasteiger partial charge in [0.1, 0.15) is 11.2 Å². The molecule has 11 rings (SSSR count). The minimum Gasteiger partial charge on any atom is -0.455 e. The zero-order valence-corrected chi connectivity index (χ0v) is 27.7. The van der Waals surface area contributed by atoms with Crippen LogP contribution in [0.25, 0.3) is 66.4 Å². The lowest BCUT2D eigenvalue weighted by molar-refractivity contribution is 0.671. The molecule has 2 aliphatic carbocycles. The molecule has 8 aromatic carbocycles. The third-order valence-electron chi connectivity index (χ3n) is 11.1. The maximum Gasteiger partial charge on any atom is 0.145 e. The molecule has 0 radical (unpaired) electrons. The molecule has 9 aromatic rings. The van der Waals surface area contributed by atoms with E-state index in [2.05, 4.69) is 187 Å². The molecular weight excluding hydrogens is 619 g/mol. The van der Waals surface area contributed by atoms with Gasteiger partial charge in [0.25, 0.3) is 0 Å². The van der Waals surface area contributed by atoms with Crippen LogP contribution in [-0.2, 0) is 5.41 Å². The van der Waals surface area contributed by atoms with E-state index in [1.807, 2.05) is 0 Å². The van der Waals surface area contributed by atoms with E-state index in [-0.39, 0.29) is 0 Å². The number of rotatable bonds is 4. The minimum absolute atomic E-state index is 0.393. The molecule has 238 valence electrons. The first kappa shape index (κ1) is 28.2. The first-order valence-corrected chi connectivity index (χ1v) is 17.6. The van der Waals surface area contributed by atoms with Crippen molar-refractivity contribution in [2.75, 3.05) is 5.32 Å². The number of hydrogen-bond donors (Lipinski definition) is 1. The van der Waals surface area contributed by atoms with Crippen molar-refractivity contribution in [3.63, 3.8) is 0 Å². The van der Waals surface area contributed by atoms with Crippen molar-refractivity contribution < 1.29 is 4.42 Å². The van der Waals surface area contributed by atoms with Crippen molar-refractivity contribution in [3.05, 3.63) is 204 Å². The molecule has 0 bridgehead atoms. The quantitative estimate of drug-likeness (QED) is 0.205. The van der Waals surface area contributed by atoms with E-state index in [4.69, 9.17) is 4.42 Å². The fourth-order valence-corrected chi connectivity index (χ4v) is 9.09. The van der Waals surface area contributed by atoms with Crippen LogP contribution in [0.15, 0.2) is 186 Å². The Morgan fingerprint density at radius 2 is 0.863 bits per heavy atom. The standard InChI is InChI=1S/C49H31NO/c1-3-15-31(16-4-1)33-22-13-23-38-46-44(30-29-34(48(46)51-47(33)38)32-17-5-2-6-18-32)50-43-28-14-27-42-45(43)37-21-9-12-26-41(37)49(42)39-24-10-7-19-35(39)36-20-8-11-25-40(36)49/h1-30,50H. The van der Waals surface area contributed by atoms with Gasteiger partial charge in [0.15, 0.2) is 0 Å². The molecule has 1 spiro atoms. The van der Waals surface area contributed by atoms with Gasteiger partial charge < -0.3 is 9.73 Å². The number of anilines is 2. The molecule has 1 N–H and O–H groups in total. The lowest BCUT2D eigenvalue weighted by Gasteiger charge is -2.30. The molecule has 0 unspecified atom stereocenters. The summed E-state index contributed by atoms with van der Waals surface area (Å²) < 4.78 is 6.97. The summed E-state index contributed by atoms with van der Waals surface area (Å²) in [5, 5.41) is 6.17. The summed E-state index contributed by atoms with van der Waals surface area (Å²) >= 11 is 0. The Balaban J connectivity index is 1.17. The SMILES string of the molecule is c1ccc(-c2cccc3c2oc2c(-c4ccccc4)ccc(Nc4cccc5c4-c4ccccc4C54c5ccccc5-c5ccccc54)c23)cc1. The van der Waals surface area contributed by atoms with Crippen LogP contribution in [0.4, 0.5) is 11.4 Å². The van der Waals surface area contributed by atoms with Crippen LogP contribution in [0.1, 0.15) is 22.3 Å². The molecule has 0 saturated carbocycles. The van der Waals surface area contributed by atoms with E-state index < -0.39 is 5.41 Å². The van der Waals surface area contributed by atoms with Gasteiger partial charge in [-0.3, -0.25) is 0 Å². The van der Waals surface area contributed by atoms with Gasteiger partial charge in [-0.25, -0.2) is 0 Å². The number of nitrogens with one attached hydrogen (secondary N) is 1. The summed E-state index contributed by atoms with van der Waals surface area (Å²) in [7, 11) is 0. The Bertz CT molecular complexity index is 2780. The van der Waals surface area contributed by atoms with Gasteiger partial charge in [0.05, 0.1) is 16.5 Å². The fourth-order valence-electron chi connectivity index (χ4n) is 9.09. The van der Waals surface area contributed by atoms with E-state index >= 15 is 0 Å². The predicted octanol–water partition coefficient (Wildman–Crippen LogP) is 13.0. The molecule has 2 nitrogen and oxygen atoms in total. The minimum atomic E-state index is -0.393. The van der Waals surface area contributed by atoms with Gasteiger partial charge in [0, 0.05) is 27.8 Å². The molecule has 1 heterocycles. The summed E-state index contributed by atoms with van der Waals surface area (Å²) in [6.07, 6.45) is 0. The van der Waals surface area contributed by atoms with Gasteiger partial charge in [-0.05, 0) is 68.3 Å². The smallest absolute Gasteiger partial charge is 0.145 e. The highest BCUT2D eigenvalue weighted by atomic mass is 16.3. The van der Waals surface area contributed by atoms with E-state index in [1.165, 1.54) is 44.5 Å². The maximum atomic E-state index is 6.97. The highest BCUT2D eigenvalue weighted by Crippen LogP contribution is 2.64. The van der Waals surface area contributed by atoms with Crippen LogP contribution in [0.5, 0.6) is 0 Å². The Kier molecular flexibility index (Phi) is 5.91. The zero-order valence-electron chi connectivity index (χ0n) is 27.7. The molecule has 2 aliphatic rings. The van der Waals surface area contributed by atoms with E-state index in [9.17, 15) is 0 Å². The van der Waals surface area contributed by atoms with Gasteiger partial charge in [-0.2, -0.15) is 0 Å². The van der Waals surface area contributed by atoms with Gasteiger partial charge in [-0.15, -0.1) is 0 Å². The Hall–Kier alpha value is -6.64. The van der Waals surface area contributed by atoms with Gasteiger partial charge in [-0.1, -0.05) is 164 Å². The normalized spacial score (nSPS) is 13.3. The van der Waals surface area contributed by atoms with Crippen LogP contribution < -0.4 is 5.32 Å². The average Bonchev–Trinajstić information content (AvgIpc) is 3.84. The van der Waals surface area contributed by atoms with Crippen molar-refractivity contribution in [2.24, 2.45) is 0 Å². The van der Waals surface area contributed by atoms with Crippen molar-refractivity contribution >= 4 is 33.3 Å². The molecule has 1 aromatic heterocycles. The largest absolute Gasteiger partial charge is 0.455 e. The number of hydrogen-bond acceptors (Lipinski definition) is 2. The van der Waals surface area contributed by atoms with E-state index in [0.717, 1.165) is 55.6 Å². The molecule has 2 heteroatoms. The zero-order chi connectivity index (χ0) is 33.5. The van der Waals surface area contributed by atoms with E-state index in [1.54, 1.807) is 0 Å². The number of fused-ring (bicyclic) bond motifs is 13. The summed E-state index contributed by atoms with van der Waals surface area (Å²) in [4.78, 5) is 0. The lowest BCUT2D eigenvalue weighted by atomic mass is 9.70. The molecule has 0 saturated heterocycles. The second-order valence-corrected chi connectivity index (χ2v) is 13.6. The third-order valence-corrected chi connectivity index (χ3v) is 11.1. The van der Waals surface area contributed by atoms with E-state index in [0.29, 0.717) is 0 Å². The van der Waals surface area contributed by atoms with Crippen molar-refractivity contribution in [1.82, 2.24) is 0 Å². The summed E-state index contributed by atoms with van der Waals surface area (Å²) in [5.74, 6) is 0. The van der Waals surface area contributed by atoms with Gasteiger partial charge in [0.2, 0.25) is 0 Å². The Morgan fingerprint density at radius 1 is 0.353 bits per heavy atom. The predicted molar refractivity (Wildman–Crippen MR) is 211 cm³/mol. The molecule has 0 aliphatic heterocycles. The number of benzene rings is 8. The molecule has 0 amide bonds. The first-order valence-electron chi connectivity index (χ1n) is 17.6. The van der Waals surface area contributed by atoms with Crippen LogP contribution in [0.3, 0.4) is 0 Å². The monoisotopic (exact) mass is 649 g/mol. The van der Waals surface area contributed by atoms with Crippen LogP contribution in [0.2, 0.25) is 0 Å². The van der Waals surface area contributed by atoms with Crippen LogP contribution in [-0.4, -0.2) is 0 Å². The highest BCUT2D eigenvalue weighted by molar-refractivity contribution is 6.18. The lowest BCUT2D eigenvalue weighted by Crippen LogP contribution is -2.25. The van der Waals surface area contributed by atoms with Crippen molar-refractivity contribution in [3.8, 4) is 44.5 Å². The maximum absolute atomic E-state index is 6.97. The average molecular weight is 650 g/mol. The van der Waals surface area contributed by atoms with Crippen molar-refractivity contribution in [2.45, 2.75) is 5.41 Å². The summed E-state index contributed by atoms with van der Waals surface area (Å²) in [6, 6.07) is 65.7. The second-order valence-electron chi connectivity index (χ2n) is 13.6. The van der Waals surface area contributed by atoms with Crippen molar-refractivity contribution in [1.29, 1.82) is 0 Å². The first-order chi connectivity index (χ1) is 25.3. The van der Waals surface area contributed by atoms with Crippen LogP contribution >= 0.6 is 0 Å². The summed E-state index contributed by atoms with van der Waals surface area (Å²) in [6.45, 7) is 0. The van der Waals surface area contributed by atoms with Crippen LogP contribution in [0, 0.1) is 0 Å². The summed E-state index contributed by atoms with van der Waals surface area (Å²) in [5.41, 5.74) is 18.4. The fraction of sp³-hybridized carbons (Fsp3) is 0.0204. The highest BCUT2D eigenvalue weighted by Gasteiger charge is 2.52. The third kappa shape index (κ3) is 3.82. The Labute approximate surface area is 296 Å². The number of furan rings is 1. The molecular formula is C49H31NO. The number of para-hydroxylation sites is 1. The molecule has 51 heavy (non-hydrogen) atoms. The topological polar surface area (TPSA) is 25.2 Å². The molecule has 0 fully saturated rings. The Morgan fingerprint density at radius 3 is 1.53 bits per heavy atom.